The highest BCUT2D eigenvalue weighted by atomic mass is 19.2. The molecule has 0 aliphatic rings. The Morgan fingerprint density at radius 2 is 1.71 bits per heavy atom. The molecule has 1 rings (SSSR count). The molecule has 0 aromatic heterocycles. The molecule has 0 spiro atoms. The minimum Gasteiger partial charge on any atom is -0.330 e. The quantitative estimate of drug-likeness (QED) is 0.599. The van der Waals surface area contributed by atoms with Crippen LogP contribution in [0.5, 0.6) is 0 Å². The van der Waals surface area contributed by atoms with Gasteiger partial charge in [-0.05, 0) is 12.6 Å². The van der Waals surface area contributed by atoms with E-state index in [1.54, 1.807) is 0 Å². The first kappa shape index (κ1) is 10.7. The highest BCUT2D eigenvalue weighted by molar-refractivity contribution is 5.96. The monoisotopic (exact) mass is 203 g/mol. The van der Waals surface area contributed by atoms with Crippen molar-refractivity contribution >= 4 is 5.78 Å². The van der Waals surface area contributed by atoms with E-state index in [2.05, 4.69) is 0 Å². The van der Waals surface area contributed by atoms with E-state index in [9.17, 15) is 18.0 Å². The lowest BCUT2D eigenvalue weighted by molar-refractivity contribution is 0.0981. The van der Waals surface area contributed by atoms with E-state index in [4.69, 9.17) is 5.73 Å². The normalized spacial score (nSPS) is 10.3. The number of rotatable bonds is 3. The van der Waals surface area contributed by atoms with Crippen molar-refractivity contribution in [3.8, 4) is 0 Å². The average Bonchev–Trinajstić information content (AvgIpc) is 2.11. The zero-order chi connectivity index (χ0) is 10.7. The number of carbonyl (C=O) groups is 1. The topological polar surface area (TPSA) is 43.1 Å². The van der Waals surface area contributed by atoms with Crippen molar-refractivity contribution in [3.05, 3.63) is 35.1 Å². The van der Waals surface area contributed by atoms with Crippen LogP contribution in [0.2, 0.25) is 0 Å². The molecule has 0 fully saturated rings. The minimum atomic E-state index is -1.31. The van der Waals surface area contributed by atoms with Gasteiger partial charge in [0.05, 0.1) is 5.56 Å². The average molecular weight is 203 g/mol. The molecule has 0 saturated heterocycles. The Bertz CT molecular complexity index is 365. The van der Waals surface area contributed by atoms with E-state index < -0.39 is 28.8 Å². The van der Waals surface area contributed by atoms with E-state index >= 15 is 0 Å². The van der Waals surface area contributed by atoms with Crippen molar-refractivity contribution in [2.45, 2.75) is 6.42 Å². The van der Waals surface area contributed by atoms with Crippen LogP contribution in [0.1, 0.15) is 16.8 Å². The van der Waals surface area contributed by atoms with Gasteiger partial charge in [0.1, 0.15) is 5.82 Å². The first-order valence-electron chi connectivity index (χ1n) is 3.94. The summed E-state index contributed by atoms with van der Waals surface area (Å²) in [5.74, 6) is -4.26. The summed E-state index contributed by atoms with van der Waals surface area (Å²) < 4.78 is 38.0. The number of hydrogen-bond acceptors (Lipinski definition) is 2. The zero-order valence-corrected chi connectivity index (χ0v) is 7.19. The molecule has 76 valence electrons. The lowest BCUT2D eigenvalue weighted by Gasteiger charge is -2.01. The van der Waals surface area contributed by atoms with Gasteiger partial charge in [0.25, 0.3) is 0 Å². The third-order valence-corrected chi connectivity index (χ3v) is 1.68. The predicted molar refractivity (Wildman–Crippen MR) is 44.3 cm³/mol. The maximum atomic E-state index is 12.9. The van der Waals surface area contributed by atoms with E-state index in [1.807, 2.05) is 0 Å². The first-order chi connectivity index (χ1) is 6.56. The molecule has 0 saturated carbocycles. The number of ketones is 1. The Labute approximate surface area is 78.5 Å². The minimum absolute atomic E-state index is 0.0390. The summed E-state index contributed by atoms with van der Waals surface area (Å²) in [7, 11) is 0. The van der Waals surface area contributed by atoms with E-state index in [0.29, 0.717) is 12.1 Å². The molecule has 0 radical (unpaired) electrons. The Hall–Kier alpha value is -1.36. The maximum Gasteiger partial charge on any atom is 0.167 e. The Balaban J connectivity index is 3.09. The summed E-state index contributed by atoms with van der Waals surface area (Å²) in [5, 5.41) is 0. The van der Waals surface area contributed by atoms with Gasteiger partial charge in [-0.2, -0.15) is 0 Å². The Kier molecular flexibility index (Phi) is 3.24. The molecular formula is C9H8F3NO. The second-order valence-corrected chi connectivity index (χ2v) is 2.71. The third-order valence-electron chi connectivity index (χ3n) is 1.68. The number of halogens is 3. The van der Waals surface area contributed by atoms with Gasteiger partial charge in [-0.15, -0.1) is 0 Å². The van der Waals surface area contributed by atoms with Crippen LogP contribution in [0.25, 0.3) is 0 Å². The lowest BCUT2D eigenvalue weighted by atomic mass is 10.1. The van der Waals surface area contributed by atoms with Crippen molar-refractivity contribution in [2.24, 2.45) is 5.73 Å². The van der Waals surface area contributed by atoms with Gasteiger partial charge in [0.2, 0.25) is 0 Å². The molecule has 5 heteroatoms. The van der Waals surface area contributed by atoms with Crippen LogP contribution < -0.4 is 5.73 Å². The van der Waals surface area contributed by atoms with Gasteiger partial charge in [-0.25, -0.2) is 13.2 Å². The van der Waals surface area contributed by atoms with Crippen LogP contribution in [0.4, 0.5) is 13.2 Å². The zero-order valence-electron chi connectivity index (χ0n) is 7.19. The Morgan fingerprint density at radius 3 is 2.29 bits per heavy atom. The van der Waals surface area contributed by atoms with Gasteiger partial charge in [0, 0.05) is 12.5 Å². The molecule has 0 aliphatic carbocycles. The Morgan fingerprint density at radius 1 is 1.14 bits per heavy atom. The fourth-order valence-electron chi connectivity index (χ4n) is 1.00. The molecule has 0 atom stereocenters. The highest BCUT2D eigenvalue weighted by Crippen LogP contribution is 2.14. The van der Waals surface area contributed by atoms with Crippen LogP contribution in [0.3, 0.4) is 0 Å². The van der Waals surface area contributed by atoms with Crippen LogP contribution in [-0.2, 0) is 0 Å². The van der Waals surface area contributed by atoms with Gasteiger partial charge < -0.3 is 5.73 Å². The summed E-state index contributed by atoms with van der Waals surface area (Å²) in [6, 6.07) is 0.891. The number of hydrogen-bond donors (Lipinski definition) is 1. The summed E-state index contributed by atoms with van der Waals surface area (Å²) in [6.07, 6.45) is -0.0952. The van der Waals surface area contributed by atoms with Crippen LogP contribution in [0.15, 0.2) is 12.1 Å². The first-order valence-corrected chi connectivity index (χ1v) is 3.94. The highest BCUT2D eigenvalue weighted by Gasteiger charge is 2.15. The fraction of sp³-hybridized carbons (Fsp3) is 0.222. The van der Waals surface area contributed by atoms with E-state index in [-0.39, 0.29) is 13.0 Å². The second kappa shape index (κ2) is 4.23. The predicted octanol–water partition coefficient (Wildman–Crippen LogP) is 1.64. The maximum absolute atomic E-state index is 12.9. The SMILES string of the molecule is NCCC(=O)c1cc(F)c(F)cc1F. The molecule has 0 bridgehead atoms. The number of carbonyl (C=O) groups excluding carboxylic acids is 1. The molecule has 2 N–H and O–H groups in total. The van der Waals surface area contributed by atoms with Crippen molar-refractivity contribution in [3.63, 3.8) is 0 Å². The molecule has 0 heterocycles. The van der Waals surface area contributed by atoms with Gasteiger partial charge in [-0.3, -0.25) is 4.79 Å². The molecule has 0 aliphatic heterocycles. The van der Waals surface area contributed by atoms with Crippen molar-refractivity contribution in [2.75, 3.05) is 6.54 Å². The smallest absolute Gasteiger partial charge is 0.167 e. The fourth-order valence-corrected chi connectivity index (χ4v) is 1.00. The van der Waals surface area contributed by atoms with Gasteiger partial charge in [-0.1, -0.05) is 0 Å². The number of Topliss-reactive ketones (excluding diaryl/α,β-unsaturated/α-hetero) is 1. The number of benzene rings is 1. The molecule has 14 heavy (non-hydrogen) atoms. The molecule has 2 nitrogen and oxygen atoms in total. The van der Waals surface area contributed by atoms with E-state index in [0.717, 1.165) is 0 Å². The number of nitrogens with two attached hydrogens (primary N) is 1. The van der Waals surface area contributed by atoms with Gasteiger partial charge >= 0.3 is 0 Å². The third kappa shape index (κ3) is 2.11. The van der Waals surface area contributed by atoms with Crippen molar-refractivity contribution in [1.82, 2.24) is 0 Å². The van der Waals surface area contributed by atoms with Crippen LogP contribution in [0, 0.1) is 17.5 Å². The molecule has 0 amide bonds. The molecule has 1 aromatic carbocycles. The largest absolute Gasteiger partial charge is 0.330 e. The van der Waals surface area contributed by atoms with Crippen molar-refractivity contribution < 1.29 is 18.0 Å². The summed E-state index contributed by atoms with van der Waals surface area (Å²) >= 11 is 0. The summed E-state index contributed by atoms with van der Waals surface area (Å²) in [5.41, 5.74) is 4.61. The summed E-state index contributed by atoms with van der Waals surface area (Å²) in [4.78, 5) is 11.1. The van der Waals surface area contributed by atoms with E-state index in [1.165, 1.54) is 0 Å². The van der Waals surface area contributed by atoms with Crippen LogP contribution in [-0.4, -0.2) is 12.3 Å². The second-order valence-electron chi connectivity index (χ2n) is 2.71. The molecular weight excluding hydrogens is 195 g/mol. The van der Waals surface area contributed by atoms with Crippen molar-refractivity contribution in [1.29, 1.82) is 0 Å². The summed E-state index contributed by atoms with van der Waals surface area (Å²) in [6.45, 7) is 0.0390. The lowest BCUT2D eigenvalue weighted by Crippen LogP contribution is -2.10. The van der Waals surface area contributed by atoms with Gasteiger partial charge in [0.15, 0.2) is 17.4 Å². The molecule has 1 aromatic rings. The molecule has 0 unspecified atom stereocenters. The van der Waals surface area contributed by atoms with Crippen LogP contribution >= 0.6 is 0 Å². The standard InChI is InChI=1S/C9H8F3NO/c10-6-4-8(12)7(11)3-5(6)9(14)1-2-13/h3-4H,1-2,13H2.